The average molecular weight is 465 g/mol. The molecule has 4 heterocycles. The van der Waals surface area contributed by atoms with Gasteiger partial charge in [-0.15, -0.1) is 0 Å². The third kappa shape index (κ3) is 3.41. The van der Waals surface area contributed by atoms with Crippen LogP contribution in [0.5, 0.6) is 11.5 Å². The summed E-state index contributed by atoms with van der Waals surface area (Å²) >= 11 is 1.41. The number of carbonyl (C=O) groups is 1. The predicted molar refractivity (Wildman–Crippen MR) is 119 cm³/mol. The highest BCUT2D eigenvalue weighted by Gasteiger charge is 2.30. The van der Waals surface area contributed by atoms with Crippen molar-refractivity contribution in [3.05, 3.63) is 64.8 Å². The van der Waals surface area contributed by atoms with Crippen LogP contribution in [0.25, 0.3) is 16.7 Å². The Kier molecular flexibility index (Phi) is 4.57. The van der Waals surface area contributed by atoms with Crippen LogP contribution in [0.2, 0.25) is 0 Å². The van der Waals surface area contributed by atoms with Crippen molar-refractivity contribution in [3.63, 3.8) is 0 Å². The maximum atomic E-state index is 13.3. The summed E-state index contributed by atoms with van der Waals surface area (Å²) in [5, 5.41) is 7.99. The fraction of sp³-hybridized carbons (Fsp3) is 0.182. The van der Waals surface area contributed by atoms with Crippen LogP contribution in [0.4, 0.5) is 10.1 Å². The molecule has 2 aliphatic rings. The quantitative estimate of drug-likeness (QED) is 0.462. The number of hydrogen-bond acceptors (Lipinski definition) is 7. The van der Waals surface area contributed by atoms with E-state index in [2.05, 4.69) is 15.4 Å². The number of aromatic nitrogens is 4. The van der Waals surface area contributed by atoms with Gasteiger partial charge in [0, 0.05) is 23.9 Å². The largest absolute Gasteiger partial charge is 0.454 e. The van der Waals surface area contributed by atoms with Gasteiger partial charge in [0.05, 0.1) is 17.9 Å². The second-order valence-electron chi connectivity index (χ2n) is 7.62. The number of carbonyl (C=O) groups excluding carboxylic acids is 1. The normalized spacial score (nSPS) is 16.2. The second-order valence-corrected chi connectivity index (χ2v) is 8.61. The maximum absolute atomic E-state index is 13.3. The van der Waals surface area contributed by atoms with Crippen LogP contribution in [-0.4, -0.2) is 37.8 Å². The predicted octanol–water partition coefficient (Wildman–Crippen LogP) is 3.13. The number of hydrogen-bond donors (Lipinski definition) is 1. The van der Waals surface area contributed by atoms with Gasteiger partial charge in [0.25, 0.3) is 5.56 Å². The topological polar surface area (TPSA) is 100 Å². The highest BCUT2D eigenvalue weighted by molar-refractivity contribution is 7.99. The van der Waals surface area contributed by atoms with Crippen LogP contribution < -0.4 is 20.3 Å². The average Bonchev–Trinajstić information content (AvgIpc) is 3.53. The Bertz CT molecular complexity index is 1470. The number of thioether (sulfide) groups is 1. The van der Waals surface area contributed by atoms with E-state index in [4.69, 9.17) is 9.47 Å². The number of ether oxygens (including phenoxy) is 2. The third-order valence-corrected chi connectivity index (χ3v) is 6.62. The first kappa shape index (κ1) is 19.8. The SMILES string of the molecule is O=C(CC1CSc2nc3c(cnn3-c3ccc(F)cc3)c(=O)n21)Nc1ccc2c(c1)OCO2. The van der Waals surface area contributed by atoms with E-state index in [0.29, 0.717) is 44.8 Å². The van der Waals surface area contributed by atoms with Crippen molar-refractivity contribution >= 4 is 34.4 Å². The van der Waals surface area contributed by atoms with Crippen LogP contribution in [0, 0.1) is 5.82 Å². The fourth-order valence-electron chi connectivity index (χ4n) is 3.95. The van der Waals surface area contributed by atoms with E-state index in [1.54, 1.807) is 34.9 Å². The fourth-order valence-corrected chi connectivity index (χ4v) is 5.08. The third-order valence-electron chi connectivity index (χ3n) is 5.52. The van der Waals surface area contributed by atoms with Gasteiger partial charge in [-0.3, -0.25) is 14.2 Å². The van der Waals surface area contributed by atoms with Crippen molar-refractivity contribution in [2.24, 2.45) is 0 Å². The summed E-state index contributed by atoms with van der Waals surface area (Å²) in [6.07, 6.45) is 1.57. The van der Waals surface area contributed by atoms with Gasteiger partial charge in [0.2, 0.25) is 12.7 Å². The van der Waals surface area contributed by atoms with Gasteiger partial charge < -0.3 is 14.8 Å². The molecule has 2 aromatic carbocycles. The van der Waals surface area contributed by atoms with Gasteiger partial charge in [0.1, 0.15) is 11.2 Å². The van der Waals surface area contributed by atoms with Crippen molar-refractivity contribution < 1.29 is 18.7 Å². The monoisotopic (exact) mass is 465 g/mol. The summed E-state index contributed by atoms with van der Waals surface area (Å²) in [5.41, 5.74) is 1.34. The summed E-state index contributed by atoms with van der Waals surface area (Å²) in [4.78, 5) is 30.6. The van der Waals surface area contributed by atoms with Gasteiger partial charge in [0.15, 0.2) is 22.3 Å². The standard InChI is InChI=1S/C22H16FN5O4S/c23-12-1-4-14(5-2-12)28-20-16(9-24-28)21(30)27-15(10-33-22(27)26-20)8-19(29)25-13-3-6-17-18(7-13)32-11-31-17/h1-7,9,15H,8,10-11H2,(H,25,29). The molecule has 0 saturated heterocycles. The van der Waals surface area contributed by atoms with E-state index in [9.17, 15) is 14.0 Å². The molecule has 0 bridgehead atoms. The van der Waals surface area contributed by atoms with Gasteiger partial charge in [-0.1, -0.05) is 11.8 Å². The molecule has 2 aromatic heterocycles. The Morgan fingerprint density at radius 2 is 2.00 bits per heavy atom. The molecule has 1 amide bonds. The number of anilines is 1. The first-order valence-electron chi connectivity index (χ1n) is 10.2. The number of nitrogens with zero attached hydrogens (tertiary/aromatic N) is 4. The lowest BCUT2D eigenvalue weighted by Gasteiger charge is -2.13. The molecule has 1 unspecified atom stereocenters. The first-order valence-corrected chi connectivity index (χ1v) is 11.1. The molecule has 33 heavy (non-hydrogen) atoms. The highest BCUT2D eigenvalue weighted by Crippen LogP contribution is 2.36. The van der Waals surface area contributed by atoms with Gasteiger partial charge in [-0.25, -0.2) is 14.1 Å². The van der Waals surface area contributed by atoms with Crippen LogP contribution in [0.15, 0.2) is 58.6 Å². The molecule has 0 saturated carbocycles. The molecular formula is C22H16FN5O4S. The number of amides is 1. The minimum atomic E-state index is -0.360. The molecule has 1 atom stereocenters. The molecule has 166 valence electrons. The number of fused-ring (bicyclic) bond motifs is 3. The van der Waals surface area contributed by atoms with Crippen molar-refractivity contribution in [3.8, 4) is 17.2 Å². The zero-order valence-corrected chi connectivity index (χ0v) is 17.8. The summed E-state index contributed by atoms with van der Waals surface area (Å²) in [5.74, 6) is 1.18. The summed E-state index contributed by atoms with van der Waals surface area (Å²) in [6, 6.07) is 10.7. The van der Waals surface area contributed by atoms with E-state index >= 15 is 0 Å². The minimum absolute atomic E-state index is 0.119. The number of rotatable bonds is 4. The molecule has 9 nitrogen and oxygen atoms in total. The second kappa shape index (κ2) is 7.62. The van der Waals surface area contributed by atoms with Gasteiger partial charge in [-0.05, 0) is 36.4 Å². The maximum Gasteiger partial charge on any atom is 0.265 e. The zero-order chi connectivity index (χ0) is 22.5. The Balaban J connectivity index is 1.27. The van der Waals surface area contributed by atoms with Crippen LogP contribution in [-0.2, 0) is 4.79 Å². The zero-order valence-electron chi connectivity index (χ0n) is 17.0. The lowest BCUT2D eigenvalue weighted by molar-refractivity contribution is -0.116. The molecule has 11 heteroatoms. The Morgan fingerprint density at radius 3 is 2.85 bits per heavy atom. The molecule has 6 rings (SSSR count). The molecule has 4 aromatic rings. The van der Waals surface area contributed by atoms with Gasteiger partial charge >= 0.3 is 0 Å². The van der Waals surface area contributed by atoms with Crippen LogP contribution in [0.1, 0.15) is 12.5 Å². The number of nitrogens with one attached hydrogen (secondary N) is 1. The summed E-state index contributed by atoms with van der Waals surface area (Å²) < 4.78 is 27.0. The van der Waals surface area contributed by atoms with Crippen molar-refractivity contribution in [2.45, 2.75) is 17.6 Å². The molecule has 2 aliphatic heterocycles. The van der Waals surface area contributed by atoms with Gasteiger partial charge in [-0.2, -0.15) is 5.10 Å². The van der Waals surface area contributed by atoms with Crippen molar-refractivity contribution in [2.75, 3.05) is 17.9 Å². The minimum Gasteiger partial charge on any atom is -0.454 e. The Hall–Kier alpha value is -3.86. The molecular weight excluding hydrogens is 449 g/mol. The molecule has 0 spiro atoms. The van der Waals surface area contributed by atoms with E-state index in [1.807, 2.05) is 0 Å². The smallest absolute Gasteiger partial charge is 0.265 e. The molecule has 0 fully saturated rings. The van der Waals surface area contributed by atoms with E-state index < -0.39 is 0 Å². The Morgan fingerprint density at radius 1 is 1.18 bits per heavy atom. The van der Waals surface area contributed by atoms with Crippen molar-refractivity contribution in [1.29, 1.82) is 0 Å². The lowest BCUT2D eigenvalue weighted by Crippen LogP contribution is -2.27. The van der Waals surface area contributed by atoms with Crippen molar-refractivity contribution in [1.82, 2.24) is 19.3 Å². The van der Waals surface area contributed by atoms with Crippen LogP contribution in [0.3, 0.4) is 0 Å². The molecule has 0 radical (unpaired) electrons. The number of benzene rings is 2. The first-order chi connectivity index (χ1) is 16.1. The summed E-state index contributed by atoms with van der Waals surface area (Å²) in [7, 11) is 0. The lowest BCUT2D eigenvalue weighted by atomic mass is 10.2. The molecule has 0 aliphatic carbocycles. The number of halogens is 1. The summed E-state index contributed by atoms with van der Waals surface area (Å²) in [6.45, 7) is 0.158. The Labute approximate surface area is 190 Å². The van der Waals surface area contributed by atoms with E-state index in [0.717, 1.165) is 0 Å². The molecule has 1 N–H and O–H groups in total. The van der Waals surface area contributed by atoms with E-state index in [-0.39, 0.29) is 36.5 Å². The van der Waals surface area contributed by atoms with E-state index in [1.165, 1.54) is 34.8 Å². The van der Waals surface area contributed by atoms with Crippen LogP contribution >= 0.6 is 11.8 Å². The highest BCUT2D eigenvalue weighted by atomic mass is 32.2.